The van der Waals surface area contributed by atoms with E-state index in [0.717, 1.165) is 26.4 Å². The van der Waals surface area contributed by atoms with E-state index in [9.17, 15) is 14.9 Å². The maximum atomic E-state index is 13.2. The van der Waals surface area contributed by atoms with Crippen LogP contribution in [0.4, 0.5) is 10.1 Å². The number of fused-ring (bicyclic) bond motifs is 1. The monoisotopic (exact) mass is 461 g/mol. The molecule has 0 saturated carbocycles. The molecule has 0 spiro atoms. The van der Waals surface area contributed by atoms with Crippen LogP contribution < -0.4 is 4.90 Å². The molecule has 4 rings (SSSR count). The molecule has 0 radical (unpaired) electrons. The van der Waals surface area contributed by atoms with Crippen LogP contribution in [0, 0.1) is 10.1 Å². The Balaban J connectivity index is 1.68. The van der Waals surface area contributed by atoms with Gasteiger partial charge in [-0.3, -0.25) is 19.8 Å². The Morgan fingerprint density at radius 2 is 2.10 bits per heavy atom. The van der Waals surface area contributed by atoms with Gasteiger partial charge in [0.15, 0.2) is 5.13 Å². The summed E-state index contributed by atoms with van der Waals surface area (Å²) in [6, 6.07) is 12.9. The smallest absolute Gasteiger partial charge is 0.283 e. The van der Waals surface area contributed by atoms with Crippen LogP contribution in [0.1, 0.15) is 14.5 Å². The standard InChI is InChI=1S/C19H15N3O3S4/c1-26-13-4-5-14-16(11-13)29-19(20-14)21(9-8-12-3-2-10-27-12)18(23)15-6-7-17(28-15)22(24)25/h2-7,10-11H,8-9H2,1H3. The SMILES string of the molecule is CSc1ccc2nc(N(CCc3cccs3)C(=O)c3ccc([N+](=O)[O-])s3)sc2c1. The second-order valence-electron chi connectivity index (χ2n) is 6.01. The van der Waals surface area contributed by atoms with Crippen LogP contribution in [0.15, 0.2) is 52.7 Å². The summed E-state index contributed by atoms with van der Waals surface area (Å²) in [6.45, 7) is 0.459. The molecule has 0 atom stereocenters. The zero-order valence-corrected chi connectivity index (χ0v) is 18.5. The van der Waals surface area contributed by atoms with Crippen molar-refractivity contribution in [1.82, 2.24) is 4.98 Å². The van der Waals surface area contributed by atoms with Gasteiger partial charge in [-0.1, -0.05) is 28.7 Å². The molecular formula is C19H15N3O3S4. The first-order chi connectivity index (χ1) is 14.0. The van der Waals surface area contributed by atoms with E-state index in [2.05, 4.69) is 11.1 Å². The Morgan fingerprint density at radius 1 is 1.24 bits per heavy atom. The van der Waals surface area contributed by atoms with Crippen molar-refractivity contribution in [3.8, 4) is 0 Å². The van der Waals surface area contributed by atoms with E-state index in [4.69, 9.17) is 0 Å². The van der Waals surface area contributed by atoms with Crippen molar-refractivity contribution in [1.29, 1.82) is 0 Å². The van der Waals surface area contributed by atoms with Gasteiger partial charge in [-0.2, -0.15) is 0 Å². The van der Waals surface area contributed by atoms with E-state index in [1.807, 2.05) is 35.9 Å². The Labute approximate surface area is 183 Å². The molecule has 6 nitrogen and oxygen atoms in total. The third-order valence-electron chi connectivity index (χ3n) is 4.20. The van der Waals surface area contributed by atoms with Crippen LogP contribution >= 0.6 is 45.8 Å². The molecule has 0 N–H and O–H groups in total. The Bertz CT molecular complexity index is 1170. The van der Waals surface area contributed by atoms with Crippen molar-refractivity contribution < 1.29 is 9.72 Å². The number of aromatic nitrogens is 1. The van der Waals surface area contributed by atoms with Crippen molar-refractivity contribution in [3.05, 3.63) is 67.7 Å². The van der Waals surface area contributed by atoms with Crippen molar-refractivity contribution in [2.45, 2.75) is 11.3 Å². The lowest BCUT2D eigenvalue weighted by Crippen LogP contribution is -2.32. The minimum absolute atomic E-state index is 0.0412. The van der Waals surface area contributed by atoms with E-state index in [1.54, 1.807) is 28.0 Å². The molecule has 4 aromatic rings. The number of hydrogen-bond acceptors (Lipinski definition) is 8. The summed E-state index contributed by atoms with van der Waals surface area (Å²) in [5.74, 6) is -0.260. The maximum Gasteiger partial charge on any atom is 0.324 e. The maximum absolute atomic E-state index is 13.2. The number of nitrogens with zero attached hydrogens (tertiary/aromatic N) is 3. The van der Waals surface area contributed by atoms with Gasteiger partial charge >= 0.3 is 5.00 Å². The molecule has 1 amide bonds. The molecule has 3 heterocycles. The summed E-state index contributed by atoms with van der Waals surface area (Å²) in [4.78, 5) is 32.7. The number of benzene rings is 1. The zero-order chi connectivity index (χ0) is 20.4. The van der Waals surface area contributed by atoms with Gasteiger partial charge in [0.25, 0.3) is 5.91 Å². The number of amides is 1. The lowest BCUT2D eigenvalue weighted by molar-refractivity contribution is -0.380. The third-order valence-corrected chi connectivity index (χ3v) is 7.93. The van der Waals surface area contributed by atoms with E-state index in [1.165, 1.54) is 28.3 Å². The number of anilines is 1. The molecule has 0 fully saturated rings. The fourth-order valence-electron chi connectivity index (χ4n) is 2.77. The lowest BCUT2D eigenvalue weighted by atomic mass is 10.3. The number of thioether (sulfide) groups is 1. The molecule has 148 valence electrons. The summed E-state index contributed by atoms with van der Waals surface area (Å²) in [5.41, 5.74) is 0.842. The molecule has 0 aliphatic rings. The molecule has 0 bridgehead atoms. The van der Waals surface area contributed by atoms with Crippen molar-refractivity contribution in [2.75, 3.05) is 17.7 Å². The third kappa shape index (κ3) is 4.35. The van der Waals surface area contributed by atoms with Crippen molar-refractivity contribution in [2.24, 2.45) is 0 Å². The second kappa shape index (κ2) is 8.62. The molecular weight excluding hydrogens is 446 g/mol. The first-order valence-electron chi connectivity index (χ1n) is 8.58. The minimum atomic E-state index is -0.473. The fourth-order valence-corrected chi connectivity index (χ4v) is 5.78. The fraction of sp³-hybridized carbons (Fsp3) is 0.158. The van der Waals surface area contributed by atoms with Crippen LogP contribution in [0.2, 0.25) is 0 Å². The number of carbonyl (C=O) groups excluding carboxylic acids is 1. The predicted octanol–water partition coefficient (Wildman–Crippen LogP) is 5.94. The van der Waals surface area contributed by atoms with Gasteiger partial charge in [0.1, 0.15) is 0 Å². The Kier molecular flexibility index (Phi) is 5.95. The number of nitro groups is 1. The van der Waals surface area contributed by atoms with Crippen molar-refractivity contribution in [3.63, 3.8) is 0 Å². The van der Waals surface area contributed by atoms with Crippen LogP contribution in [-0.4, -0.2) is 28.6 Å². The summed E-state index contributed by atoms with van der Waals surface area (Å²) >= 11 is 5.65. The van der Waals surface area contributed by atoms with Crippen LogP contribution in [0.5, 0.6) is 0 Å². The van der Waals surface area contributed by atoms with Crippen LogP contribution in [0.3, 0.4) is 0 Å². The Morgan fingerprint density at radius 3 is 2.79 bits per heavy atom. The summed E-state index contributed by atoms with van der Waals surface area (Å²) in [5, 5.41) is 13.6. The van der Waals surface area contributed by atoms with Gasteiger partial charge in [-0.15, -0.1) is 23.1 Å². The highest BCUT2D eigenvalue weighted by molar-refractivity contribution is 7.98. The van der Waals surface area contributed by atoms with Crippen LogP contribution in [0.25, 0.3) is 10.2 Å². The normalized spacial score (nSPS) is 11.1. The van der Waals surface area contributed by atoms with Crippen LogP contribution in [-0.2, 0) is 6.42 Å². The number of hydrogen-bond donors (Lipinski definition) is 0. The lowest BCUT2D eigenvalue weighted by Gasteiger charge is -2.18. The number of carbonyl (C=O) groups is 1. The average Bonchev–Trinajstić information content (AvgIpc) is 3.47. The first-order valence-corrected chi connectivity index (χ1v) is 12.3. The Hall–Kier alpha value is -2.27. The summed E-state index contributed by atoms with van der Waals surface area (Å²) in [6.07, 6.45) is 2.71. The summed E-state index contributed by atoms with van der Waals surface area (Å²) < 4.78 is 1.01. The predicted molar refractivity (Wildman–Crippen MR) is 122 cm³/mol. The zero-order valence-electron chi connectivity index (χ0n) is 15.2. The van der Waals surface area contributed by atoms with E-state index in [0.29, 0.717) is 23.0 Å². The molecule has 10 heteroatoms. The molecule has 0 saturated heterocycles. The number of thiophene rings is 2. The quantitative estimate of drug-likeness (QED) is 0.193. The number of rotatable bonds is 7. The molecule has 0 aliphatic carbocycles. The van der Waals surface area contributed by atoms with Gasteiger partial charge in [0.2, 0.25) is 0 Å². The van der Waals surface area contributed by atoms with Gasteiger partial charge < -0.3 is 0 Å². The topological polar surface area (TPSA) is 76.3 Å². The van der Waals surface area contributed by atoms with Gasteiger partial charge in [-0.05, 0) is 48.4 Å². The minimum Gasteiger partial charge on any atom is -0.283 e. The highest BCUT2D eigenvalue weighted by atomic mass is 32.2. The average molecular weight is 462 g/mol. The second-order valence-corrected chi connectivity index (χ2v) is 9.99. The summed E-state index contributed by atoms with van der Waals surface area (Å²) in [7, 11) is 0. The van der Waals surface area contributed by atoms with Gasteiger partial charge in [0, 0.05) is 22.4 Å². The highest BCUT2D eigenvalue weighted by Crippen LogP contribution is 2.34. The largest absolute Gasteiger partial charge is 0.324 e. The van der Waals surface area contributed by atoms with E-state index < -0.39 is 4.92 Å². The molecule has 0 unspecified atom stereocenters. The molecule has 29 heavy (non-hydrogen) atoms. The van der Waals surface area contributed by atoms with E-state index in [-0.39, 0.29) is 10.9 Å². The molecule has 1 aromatic carbocycles. The van der Waals surface area contributed by atoms with Gasteiger partial charge in [-0.25, -0.2) is 4.98 Å². The molecule has 3 aromatic heterocycles. The first kappa shape index (κ1) is 20.0. The van der Waals surface area contributed by atoms with E-state index >= 15 is 0 Å². The van der Waals surface area contributed by atoms with Crippen molar-refractivity contribution >= 4 is 72.0 Å². The molecule has 0 aliphatic heterocycles. The highest BCUT2D eigenvalue weighted by Gasteiger charge is 2.24. The van der Waals surface area contributed by atoms with Gasteiger partial charge in [0.05, 0.1) is 20.0 Å². The number of thiazole rings is 1.